The molecule has 0 aromatic carbocycles. The van der Waals surface area contributed by atoms with E-state index in [0.717, 1.165) is 25.1 Å². The van der Waals surface area contributed by atoms with Crippen molar-refractivity contribution < 1.29 is 9.53 Å². The van der Waals surface area contributed by atoms with Crippen molar-refractivity contribution in [1.29, 1.82) is 0 Å². The average Bonchev–Trinajstić information content (AvgIpc) is 2.24. The minimum atomic E-state index is -0.641. The Morgan fingerprint density at radius 2 is 2.11 bits per heavy atom. The molecule has 18 heavy (non-hydrogen) atoms. The lowest BCUT2D eigenvalue weighted by atomic mass is 9.93. The van der Waals surface area contributed by atoms with Crippen LogP contribution in [0.5, 0.6) is 0 Å². The number of nitrogens with one attached hydrogen (secondary N) is 1. The molecule has 1 heterocycles. The highest BCUT2D eigenvalue weighted by molar-refractivity contribution is 6.33. The molecule has 0 radical (unpaired) electrons. The Hall–Kier alpha value is -1.03. The van der Waals surface area contributed by atoms with Gasteiger partial charge in [-0.15, -0.1) is 0 Å². The zero-order chi connectivity index (χ0) is 13.8. The van der Waals surface area contributed by atoms with Gasteiger partial charge in [0.15, 0.2) is 0 Å². The van der Waals surface area contributed by atoms with E-state index in [4.69, 9.17) is 16.3 Å². The Kier molecular flexibility index (Phi) is 5.20. The fraction of sp³-hybridized carbons (Fsp3) is 0.692. The van der Waals surface area contributed by atoms with Crippen LogP contribution >= 0.6 is 11.6 Å². The summed E-state index contributed by atoms with van der Waals surface area (Å²) in [6.07, 6.45) is 2.97. The second-order valence-electron chi connectivity index (χ2n) is 4.76. The van der Waals surface area contributed by atoms with Crippen LogP contribution in [0.25, 0.3) is 0 Å². The van der Waals surface area contributed by atoms with E-state index in [1.807, 2.05) is 13.8 Å². The molecule has 0 amide bonds. The number of esters is 1. The summed E-state index contributed by atoms with van der Waals surface area (Å²) in [5.41, 5.74) is -0.247. The number of ether oxygens (including phenoxy) is 1. The molecular formula is C13H21ClN2O2. The van der Waals surface area contributed by atoms with Gasteiger partial charge in [-0.1, -0.05) is 24.9 Å². The van der Waals surface area contributed by atoms with Gasteiger partial charge in [-0.2, -0.15) is 0 Å². The number of nitrogens with zero attached hydrogens (tertiary/aromatic N) is 1. The van der Waals surface area contributed by atoms with Gasteiger partial charge in [-0.3, -0.25) is 4.99 Å². The van der Waals surface area contributed by atoms with Gasteiger partial charge in [0.1, 0.15) is 11.0 Å². The summed E-state index contributed by atoms with van der Waals surface area (Å²) in [5.74, 6) is 0.429. The summed E-state index contributed by atoms with van der Waals surface area (Å²) in [6.45, 7) is 7.96. The van der Waals surface area contributed by atoms with E-state index >= 15 is 0 Å². The molecule has 0 saturated carbocycles. The molecule has 1 N–H and O–H groups in total. The molecule has 0 atom stereocenters. The Morgan fingerprint density at radius 3 is 2.61 bits per heavy atom. The number of amidine groups is 1. The van der Waals surface area contributed by atoms with Crippen LogP contribution in [0, 0.1) is 0 Å². The summed E-state index contributed by atoms with van der Waals surface area (Å²) in [5, 5.41) is 3.32. The Bertz CT molecular complexity index is 386. The molecule has 1 rings (SSSR count). The van der Waals surface area contributed by atoms with Crippen molar-refractivity contribution in [2.45, 2.75) is 52.5 Å². The highest BCUT2D eigenvalue weighted by Crippen LogP contribution is 2.30. The van der Waals surface area contributed by atoms with Crippen LogP contribution in [-0.4, -0.2) is 24.0 Å². The van der Waals surface area contributed by atoms with Crippen molar-refractivity contribution in [2.75, 3.05) is 6.61 Å². The minimum absolute atomic E-state index is 0.328. The van der Waals surface area contributed by atoms with Crippen LogP contribution in [0.4, 0.5) is 0 Å². The fourth-order valence-corrected chi connectivity index (χ4v) is 2.30. The third kappa shape index (κ3) is 3.48. The maximum absolute atomic E-state index is 11.9. The van der Waals surface area contributed by atoms with E-state index in [1.165, 1.54) is 0 Å². The molecule has 1 aliphatic rings. The normalized spacial score (nSPS) is 18.2. The van der Waals surface area contributed by atoms with Crippen molar-refractivity contribution in [3.8, 4) is 0 Å². The van der Waals surface area contributed by atoms with Gasteiger partial charge in [-0.25, -0.2) is 4.79 Å². The van der Waals surface area contributed by atoms with E-state index in [1.54, 1.807) is 6.92 Å². The van der Waals surface area contributed by atoms with Crippen molar-refractivity contribution in [3.05, 3.63) is 10.7 Å². The van der Waals surface area contributed by atoms with Crippen molar-refractivity contribution >= 4 is 23.4 Å². The Balaban J connectivity index is 2.92. The molecule has 0 unspecified atom stereocenters. The second kappa shape index (κ2) is 6.23. The first-order chi connectivity index (χ1) is 8.42. The van der Waals surface area contributed by atoms with Crippen molar-refractivity contribution in [2.24, 2.45) is 4.99 Å². The number of halogens is 1. The minimum Gasteiger partial charge on any atom is -0.462 e. The van der Waals surface area contributed by atoms with Gasteiger partial charge >= 0.3 is 5.97 Å². The molecule has 0 aliphatic carbocycles. The monoisotopic (exact) mass is 272 g/mol. The number of hydrogen-bond acceptors (Lipinski definition) is 4. The number of aliphatic imine (C=N–C) groups is 1. The van der Waals surface area contributed by atoms with E-state index in [9.17, 15) is 4.79 Å². The molecule has 102 valence electrons. The van der Waals surface area contributed by atoms with Gasteiger partial charge in [0, 0.05) is 6.42 Å². The molecule has 0 spiro atoms. The summed E-state index contributed by atoms with van der Waals surface area (Å²) in [6, 6.07) is 0. The number of carbonyl (C=O) groups is 1. The van der Waals surface area contributed by atoms with Gasteiger partial charge < -0.3 is 10.1 Å². The standard InChI is InChI=1S/C13H21ClN2O2/c1-5-7-8-9-15-11(14)10(12(17)18-6-2)13(3,4)16-9/h5-8H2,1-4H3,(H,15,16). The maximum atomic E-state index is 11.9. The summed E-state index contributed by atoms with van der Waals surface area (Å²) < 4.78 is 5.01. The highest BCUT2D eigenvalue weighted by atomic mass is 35.5. The predicted molar refractivity (Wildman–Crippen MR) is 73.7 cm³/mol. The molecule has 4 nitrogen and oxygen atoms in total. The van der Waals surface area contributed by atoms with Crippen molar-refractivity contribution in [3.63, 3.8) is 0 Å². The van der Waals surface area contributed by atoms with Crippen molar-refractivity contribution in [1.82, 2.24) is 5.32 Å². The summed E-state index contributed by atoms with van der Waals surface area (Å²) in [4.78, 5) is 16.4. The number of unbranched alkanes of at least 4 members (excludes halogenated alkanes) is 1. The third-order valence-electron chi connectivity index (χ3n) is 2.75. The SMILES string of the molecule is CCCCC1=NC(C)(C)C(C(=O)OCC)=C(Cl)N1. The smallest absolute Gasteiger partial charge is 0.339 e. The largest absolute Gasteiger partial charge is 0.462 e. The maximum Gasteiger partial charge on any atom is 0.339 e. The number of hydrogen-bond donors (Lipinski definition) is 1. The number of rotatable bonds is 5. The van der Waals surface area contributed by atoms with Crippen LogP contribution in [-0.2, 0) is 9.53 Å². The lowest BCUT2D eigenvalue weighted by molar-refractivity contribution is -0.139. The average molecular weight is 273 g/mol. The first-order valence-corrected chi connectivity index (χ1v) is 6.73. The van der Waals surface area contributed by atoms with Crippen LogP contribution in [0.15, 0.2) is 15.7 Å². The van der Waals surface area contributed by atoms with Gasteiger partial charge in [-0.05, 0) is 27.2 Å². The molecule has 1 aliphatic heterocycles. The van der Waals surface area contributed by atoms with E-state index in [0.29, 0.717) is 17.3 Å². The Labute approximate surface area is 113 Å². The topological polar surface area (TPSA) is 50.7 Å². The number of carbonyl (C=O) groups excluding carboxylic acids is 1. The fourth-order valence-electron chi connectivity index (χ4n) is 1.88. The van der Waals surface area contributed by atoms with Crippen LogP contribution in [0.3, 0.4) is 0 Å². The zero-order valence-electron chi connectivity index (χ0n) is 11.5. The molecule has 0 aromatic rings. The second-order valence-corrected chi connectivity index (χ2v) is 5.13. The predicted octanol–water partition coefficient (Wildman–Crippen LogP) is 2.97. The van der Waals surface area contributed by atoms with Crippen LogP contribution in [0.1, 0.15) is 47.0 Å². The molecule has 0 bridgehead atoms. The van der Waals surface area contributed by atoms with Gasteiger partial charge in [0.25, 0.3) is 0 Å². The molecule has 0 aromatic heterocycles. The molecular weight excluding hydrogens is 252 g/mol. The van der Waals surface area contributed by atoms with Gasteiger partial charge in [0.2, 0.25) is 0 Å². The van der Waals surface area contributed by atoms with Gasteiger partial charge in [0.05, 0.1) is 17.7 Å². The van der Waals surface area contributed by atoms with Crippen LogP contribution in [0.2, 0.25) is 0 Å². The molecule has 0 fully saturated rings. The van der Waals surface area contributed by atoms with E-state index in [-0.39, 0.29) is 0 Å². The quantitative estimate of drug-likeness (QED) is 0.618. The first kappa shape index (κ1) is 15.0. The zero-order valence-corrected chi connectivity index (χ0v) is 12.2. The summed E-state index contributed by atoms with van der Waals surface area (Å²) in [7, 11) is 0. The van der Waals surface area contributed by atoms with E-state index < -0.39 is 11.5 Å². The highest BCUT2D eigenvalue weighted by Gasteiger charge is 2.36. The first-order valence-electron chi connectivity index (χ1n) is 6.35. The molecule has 5 heteroatoms. The Morgan fingerprint density at radius 1 is 1.44 bits per heavy atom. The lowest BCUT2D eigenvalue weighted by Gasteiger charge is -2.30. The van der Waals surface area contributed by atoms with Crippen LogP contribution < -0.4 is 5.32 Å². The molecule has 0 saturated heterocycles. The summed E-state index contributed by atoms with van der Waals surface area (Å²) >= 11 is 6.16. The lowest BCUT2D eigenvalue weighted by Crippen LogP contribution is -2.39. The van der Waals surface area contributed by atoms with E-state index in [2.05, 4.69) is 17.2 Å². The third-order valence-corrected chi connectivity index (χ3v) is 3.03.